The summed E-state index contributed by atoms with van der Waals surface area (Å²) >= 11 is 0. The Morgan fingerprint density at radius 3 is 1.90 bits per heavy atom. The molecule has 1 atom stereocenters. The van der Waals surface area contributed by atoms with E-state index in [1.807, 2.05) is 11.8 Å². The molecule has 1 unspecified atom stereocenters. The van der Waals surface area contributed by atoms with Crippen LogP contribution in [0.4, 0.5) is 5.69 Å². The Hall–Kier alpha value is -2.33. The molecule has 2 heterocycles. The summed E-state index contributed by atoms with van der Waals surface area (Å²) < 4.78 is 7.82. The van der Waals surface area contributed by atoms with Crippen LogP contribution in [0.5, 0.6) is 0 Å². The molecular formula is C25H34N2O2. The standard InChI is InChI=1S/C25H34N2O2/c1-12-13(2)16(5)24-21(15(12)4)22(25(28)27(24)20(9)29-11)18(7)23-17(6)14(3)19(8)26(23)10/h20H,1-11H3. The van der Waals surface area contributed by atoms with Crippen LogP contribution in [0.3, 0.4) is 0 Å². The molecule has 1 aliphatic heterocycles. The van der Waals surface area contributed by atoms with Crippen molar-refractivity contribution in [3.05, 3.63) is 50.3 Å². The molecule has 0 fully saturated rings. The second kappa shape index (κ2) is 7.17. The number of rotatable bonds is 3. The maximum atomic E-state index is 13.8. The summed E-state index contributed by atoms with van der Waals surface area (Å²) in [5.41, 5.74) is 13.6. The van der Waals surface area contributed by atoms with Crippen molar-refractivity contribution in [2.24, 2.45) is 7.05 Å². The SMILES string of the molecule is COC(C)N1C(=O)C(=C(C)c2c(C)c(C)c(C)n2C)c2c(C)c(C)c(C)c(C)c21. The number of fused-ring (bicyclic) bond motifs is 1. The average Bonchev–Trinajstić information content (AvgIpc) is 3.10. The molecule has 29 heavy (non-hydrogen) atoms. The van der Waals surface area contributed by atoms with E-state index in [2.05, 4.69) is 67.0 Å². The van der Waals surface area contributed by atoms with Gasteiger partial charge in [-0.25, -0.2) is 0 Å². The molecule has 1 amide bonds. The molecule has 0 saturated carbocycles. The van der Waals surface area contributed by atoms with Gasteiger partial charge in [-0.15, -0.1) is 0 Å². The summed E-state index contributed by atoms with van der Waals surface area (Å²) in [7, 11) is 3.74. The van der Waals surface area contributed by atoms with Crippen LogP contribution in [0.25, 0.3) is 11.1 Å². The first kappa shape index (κ1) is 21.4. The Balaban J connectivity index is 2.47. The molecule has 4 heteroatoms. The van der Waals surface area contributed by atoms with Gasteiger partial charge in [0.05, 0.1) is 11.3 Å². The van der Waals surface area contributed by atoms with Crippen molar-refractivity contribution in [1.82, 2.24) is 4.57 Å². The van der Waals surface area contributed by atoms with Gasteiger partial charge < -0.3 is 9.30 Å². The molecule has 2 aromatic rings. The Bertz CT molecular complexity index is 1040. The summed E-state index contributed by atoms with van der Waals surface area (Å²) in [5.74, 6) is 0.0268. The van der Waals surface area contributed by atoms with Gasteiger partial charge in [-0.05, 0) is 101 Å². The number of methoxy groups -OCH3 is 1. The van der Waals surface area contributed by atoms with E-state index in [1.165, 1.54) is 33.5 Å². The quantitative estimate of drug-likeness (QED) is 0.649. The predicted molar refractivity (Wildman–Crippen MR) is 121 cm³/mol. The number of carbonyl (C=O) groups excluding carboxylic acids is 1. The molecular weight excluding hydrogens is 360 g/mol. The fourth-order valence-corrected chi connectivity index (χ4v) is 4.80. The molecule has 0 radical (unpaired) electrons. The van der Waals surface area contributed by atoms with E-state index < -0.39 is 0 Å². The van der Waals surface area contributed by atoms with Crippen molar-refractivity contribution in [3.63, 3.8) is 0 Å². The smallest absolute Gasteiger partial charge is 0.261 e. The largest absolute Gasteiger partial charge is 0.361 e. The lowest BCUT2D eigenvalue weighted by atomic mass is 9.88. The molecule has 0 spiro atoms. The lowest BCUT2D eigenvalue weighted by Gasteiger charge is -2.26. The molecule has 0 bridgehead atoms. The summed E-state index contributed by atoms with van der Waals surface area (Å²) in [6.07, 6.45) is -0.329. The van der Waals surface area contributed by atoms with E-state index in [9.17, 15) is 4.79 Å². The average molecular weight is 395 g/mol. The van der Waals surface area contributed by atoms with Gasteiger partial charge in [0.15, 0.2) is 0 Å². The van der Waals surface area contributed by atoms with E-state index in [1.54, 1.807) is 7.11 Å². The Labute approximate surface area is 175 Å². The van der Waals surface area contributed by atoms with Crippen LogP contribution < -0.4 is 4.90 Å². The van der Waals surface area contributed by atoms with Crippen molar-refractivity contribution in [2.45, 2.75) is 68.5 Å². The number of benzene rings is 1. The number of anilines is 1. The van der Waals surface area contributed by atoms with Crippen molar-refractivity contribution in [1.29, 1.82) is 0 Å². The summed E-state index contributed by atoms with van der Waals surface area (Å²) in [6.45, 7) is 19.0. The molecule has 1 aromatic carbocycles. The Kier molecular flexibility index (Phi) is 5.29. The highest BCUT2D eigenvalue weighted by atomic mass is 16.5. The van der Waals surface area contributed by atoms with Gasteiger partial charge in [-0.3, -0.25) is 9.69 Å². The van der Waals surface area contributed by atoms with E-state index >= 15 is 0 Å². The topological polar surface area (TPSA) is 34.5 Å². The second-order valence-corrected chi connectivity index (χ2v) is 8.48. The lowest BCUT2D eigenvalue weighted by Crippen LogP contribution is -2.37. The molecule has 4 nitrogen and oxygen atoms in total. The number of hydrogen-bond donors (Lipinski definition) is 0. The van der Waals surface area contributed by atoms with Crippen LogP contribution in [0.2, 0.25) is 0 Å². The number of nitrogens with zero attached hydrogens (tertiary/aromatic N) is 2. The highest BCUT2D eigenvalue weighted by Gasteiger charge is 2.40. The number of carbonyl (C=O) groups is 1. The van der Waals surface area contributed by atoms with Gasteiger partial charge in [0.25, 0.3) is 5.91 Å². The minimum absolute atomic E-state index is 0.0268. The number of amides is 1. The maximum absolute atomic E-state index is 13.8. The summed E-state index contributed by atoms with van der Waals surface area (Å²) in [4.78, 5) is 15.6. The normalized spacial score (nSPS) is 16.5. The number of ether oxygens (including phenoxy) is 1. The molecule has 0 saturated heterocycles. The van der Waals surface area contributed by atoms with E-state index in [0.29, 0.717) is 0 Å². The zero-order valence-corrected chi connectivity index (χ0v) is 19.8. The van der Waals surface area contributed by atoms with Crippen LogP contribution in [0.15, 0.2) is 0 Å². The van der Waals surface area contributed by atoms with E-state index in [4.69, 9.17) is 4.74 Å². The minimum atomic E-state index is -0.329. The van der Waals surface area contributed by atoms with Gasteiger partial charge in [0.2, 0.25) is 0 Å². The monoisotopic (exact) mass is 394 g/mol. The van der Waals surface area contributed by atoms with Crippen molar-refractivity contribution >= 4 is 22.7 Å². The number of aromatic nitrogens is 1. The van der Waals surface area contributed by atoms with Gasteiger partial charge >= 0.3 is 0 Å². The van der Waals surface area contributed by atoms with Crippen LogP contribution >= 0.6 is 0 Å². The molecule has 156 valence electrons. The van der Waals surface area contributed by atoms with Crippen LogP contribution in [-0.2, 0) is 16.6 Å². The number of allylic oxidation sites excluding steroid dienone is 1. The third-order valence-electron chi connectivity index (χ3n) is 7.31. The zero-order chi connectivity index (χ0) is 21.9. The Morgan fingerprint density at radius 2 is 1.41 bits per heavy atom. The molecule has 1 aromatic heterocycles. The minimum Gasteiger partial charge on any atom is -0.361 e. The zero-order valence-electron chi connectivity index (χ0n) is 19.8. The second-order valence-electron chi connectivity index (χ2n) is 8.48. The van der Waals surface area contributed by atoms with Crippen molar-refractivity contribution in [2.75, 3.05) is 12.0 Å². The van der Waals surface area contributed by atoms with E-state index in [-0.39, 0.29) is 12.1 Å². The molecule has 3 rings (SSSR count). The first-order chi connectivity index (χ1) is 13.5. The summed E-state index contributed by atoms with van der Waals surface area (Å²) in [6, 6.07) is 0. The fraction of sp³-hybridized carbons (Fsp3) is 0.480. The first-order valence-corrected chi connectivity index (χ1v) is 10.3. The van der Waals surface area contributed by atoms with Gasteiger partial charge in [0, 0.05) is 31.1 Å². The van der Waals surface area contributed by atoms with E-state index in [0.717, 1.165) is 33.7 Å². The van der Waals surface area contributed by atoms with Crippen molar-refractivity contribution in [3.8, 4) is 0 Å². The van der Waals surface area contributed by atoms with Crippen LogP contribution in [0.1, 0.15) is 64.2 Å². The molecule has 0 aliphatic carbocycles. The van der Waals surface area contributed by atoms with Crippen LogP contribution in [0, 0.1) is 48.5 Å². The highest BCUT2D eigenvalue weighted by molar-refractivity contribution is 6.38. The predicted octanol–water partition coefficient (Wildman–Crippen LogP) is 5.45. The maximum Gasteiger partial charge on any atom is 0.261 e. The van der Waals surface area contributed by atoms with Crippen molar-refractivity contribution < 1.29 is 9.53 Å². The summed E-state index contributed by atoms with van der Waals surface area (Å²) in [5, 5.41) is 0. The Morgan fingerprint density at radius 1 is 0.862 bits per heavy atom. The molecule has 0 N–H and O–H groups in total. The van der Waals surface area contributed by atoms with Gasteiger partial charge in [-0.1, -0.05) is 0 Å². The third-order valence-corrected chi connectivity index (χ3v) is 7.31. The third kappa shape index (κ3) is 2.80. The first-order valence-electron chi connectivity index (χ1n) is 10.3. The highest BCUT2D eigenvalue weighted by Crippen LogP contribution is 2.48. The van der Waals surface area contributed by atoms with Crippen LogP contribution in [-0.4, -0.2) is 23.8 Å². The molecule has 1 aliphatic rings. The number of hydrogen-bond acceptors (Lipinski definition) is 2. The lowest BCUT2D eigenvalue weighted by molar-refractivity contribution is -0.114. The fourth-order valence-electron chi connectivity index (χ4n) is 4.80. The van der Waals surface area contributed by atoms with Gasteiger partial charge in [-0.2, -0.15) is 0 Å². The van der Waals surface area contributed by atoms with Gasteiger partial charge in [0.1, 0.15) is 6.23 Å².